The lowest BCUT2D eigenvalue weighted by Gasteiger charge is -2.03. The lowest BCUT2D eigenvalue weighted by atomic mass is 10.2. The summed E-state index contributed by atoms with van der Waals surface area (Å²) in [6.07, 6.45) is -1.76. The van der Waals surface area contributed by atoms with E-state index >= 15 is 0 Å². The Labute approximate surface area is 95.0 Å². The molecule has 0 aromatic carbocycles. The van der Waals surface area contributed by atoms with Crippen LogP contribution in [0.4, 0.5) is 9.59 Å². The zero-order valence-corrected chi connectivity index (χ0v) is 10.1. The predicted molar refractivity (Wildman–Crippen MR) is 57.2 cm³/mol. The summed E-state index contributed by atoms with van der Waals surface area (Å²) in [6, 6.07) is 0. The molecule has 0 fully saturated rings. The number of hydrogen-bond donors (Lipinski definition) is 0. The minimum Gasteiger partial charge on any atom is -0.447 e. The van der Waals surface area contributed by atoms with Crippen molar-refractivity contribution >= 4 is 12.2 Å². The van der Waals surface area contributed by atoms with E-state index in [1.807, 2.05) is 27.7 Å². The summed E-state index contributed by atoms with van der Waals surface area (Å²) in [5.41, 5.74) is 0. The Hall–Kier alpha value is -1.46. The van der Waals surface area contributed by atoms with E-state index in [1.54, 1.807) is 0 Å². The molecule has 0 atom stereocenters. The van der Waals surface area contributed by atoms with E-state index in [4.69, 9.17) is 0 Å². The summed E-state index contributed by atoms with van der Waals surface area (Å²) in [6.45, 7) is 8.06. The van der Waals surface area contributed by atoms with Crippen molar-refractivity contribution in [2.75, 3.05) is 13.2 Å². The fraction of sp³-hybridized carbons (Fsp3) is 0.800. The lowest BCUT2D eigenvalue weighted by molar-refractivity contribution is 0.133. The first-order valence-electron chi connectivity index (χ1n) is 5.17. The molecule has 0 aliphatic carbocycles. The normalized spacial score (nSPS) is 11.1. The maximum atomic E-state index is 10.9. The number of ether oxygens (including phenoxy) is 2. The van der Waals surface area contributed by atoms with Gasteiger partial charge < -0.3 is 9.47 Å². The largest absolute Gasteiger partial charge is 0.452 e. The van der Waals surface area contributed by atoms with Gasteiger partial charge in [0, 0.05) is 0 Å². The molecule has 6 heteroatoms. The maximum Gasteiger partial charge on any atom is 0.452 e. The first-order valence-corrected chi connectivity index (χ1v) is 5.17. The van der Waals surface area contributed by atoms with Crippen molar-refractivity contribution in [2.24, 2.45) is 22.1 Å². The highest BCUT2D eigenvalue weighted by Gasteiger charge is 2.05. The van der Waals surface area contributed by atoms with Crippen molar-refractivity contribution in [3.8, 4) is 0 Å². The SMILES string of the molecule is CC(C)COC(=O)/N=N/C(=O)OCC(C)C. The molecule has 0 saturated heterocycles. The number of azo groups is 1. The van der Waals surface area contributed by atoms with Crippen LogP contribution in [-0.2, 0) is 9.47 Å². The Bertz CT molecular complexity index is 236. The van der Waals surface area contributed by atoms with Crippen LogP contribution in [0.15, 0.2) is 10.2 Å². The molecule has 0 radical (unpaired) electrons. The van der Waals surface area contributed by atoms with Crippen molar-refractivity contribution in [3.63, 3.8) is 0 Å². The van der Waals surface area contributed by atoms with Gasteiger partial charge in [0.05, 0.1) is 13.2 Å². The molecule has 0 bridgehead atoms. The molecule has 16 heavy (non-hydrogen) atoms. The molecule has 0 heterocycles. The summed E-state index contributed by atoms with van der Waals surface area (Å²) >= 11 is 0. The van der Waals surface area contributed by atoms with E-state index in [1.165, 1.54) is 0 Å². The van der Waals surface area contributed by atoms with Crippen LogP contribution in [0.2, 0.25) is 0 Å². The summed E-state index contributed by atoms with van der Waals surface area (Å²) in [4.78, 5) is 21.8. The van der Waals surface area contributed by atoms with Crippen LogP contribution in [-0.4, -0.2) is 25.4 Å². The Morgan fingerprint density at radius 1 is 0.875 bits per heavy atom. The van der Waals surface area contributed by atoms with Crippen LogP contribution >= 0.6 is 0 Å². The molecular formula is C10H18N2O4. The summed E-state index contributed by atoms with van der Waals surface area (Å²) < 4.78 is 9.34. The summed E-state index contributed by atoms with van der Waals surface area (Å²) in [5, 5.41) is 6.13. The second-order valence-corrected chi connectivity index (χ2v) is 4.14. The van der Waals surface area contributed by atoms with Crippen LogP contribution < -0.4 is 0 Å². The van der Waals surface area contributed by atoms with Crippen molar-refractivity contribution in [2.45, 2.75) is 27.7 Å². The van der Waals surface area contributed by atoms with Crippen LogP contribution in [0.5, 0.6) is 0 Å². The number of carbonyl (C=O) groups excluding carboxylic acids is 2. The smallest absolute Gasteiger partial charge is 0.447 e. The fourth-order valence-corrected chi connectivity index (χ4v) is 0.615. The molecule has 0 spiro atoms. The molecule has 2 amide bonds. The Kier molecular flexibility index (Phi) is 7.07. The van der Waals surface area contributed by atoms with Gasteiger partial charge in [-0.25, -0.2) is 9.59 Å². The zero-order valence-electron chi connectivity index (χ0n) is 10.1. The van der Waals surface area contributed by atoms with Gasteiger partial charge in [0.25, 0.3) is 0 Å². The van der Waals surface area contributed by atoms with Crippen LogP contribution in [0, 0.1) is 11.8 Å². The van der Waals surface area contributed by atoms with Crippen molar-refractivity contribution < 1.29 is 19.1 Å². The topological polar surface area (TPSA) is 77.3 Å². The summed E-state index contributed by atoms with van der Waals surface area (Å²) in [7, 11) is 0. The second-order valence-electron chi connectivity index (χ2n) is 4.14. The highest BCUT2D eigenvalue weighted by atomic mass is 16.6. The molecule has 0 rings (SSSR count). The van der Waals surface area contributed by atoms with E-state index in [0.29, 0.717) is 0 Å². The van der Waals surface area contributed by atoms with Crippen LogP contribution in [0.1, 0.15) is 27.7 Å². The lowest BCUT2D eigenvalue weighted by Crippen LogP contribution is -2.08. The van der Waals surface area contributed by atoms with Gasteiger partial charge in [-0.05, 0) is 11.8 Å². The molecule has 0 aromatic heterocycles. The number of hydrogen-bond acceptors (Lipinski definition) is 4. The van der Waals surface area contributed by atoms with Crippen molar-refractivity contribution in [3.05, 3.63) is 0 Å². The molecule has 0 aliphatic rings. The number of carbonyl (C=O) groups is 2. The van der Waals surface area contributed by atoms with E-state index < -0.39 is 12.2 Å². The van der Waals surface area contributed by atoms with Crippen LogP contribution in [0.3, 0.4) is 0 Å². The third kappa shape index (κ3) is 9.11. The number of nitrogens with zero attached hydrogens (tertiary/aromatic N) is 2. The highest BCUT2D eigenvalue weighted by molar-refractivity contribution is 5.73. The standard InChI is InChI=1S/C10H18N2O4/c1-7(2)5-15-9(13)11-12-10(14)16-6-8(3)4/h7-8H,5-6H2,1-4H3/b12-11+. The monoisotopic (exact) mass is 230 g/mol. The molecule has 0 N–H and O–H groups in total. The minimum absolute atomic E-state index is 0.215. The highest BCUT2D eigenvalue weighted by Crippen LogP contribution is 1.97. The van der Waals surface area contributed by atoms with Crippen LogP contribution in [0.25, 0.3) is 0 Å². The third-order valence-electron chi connectivity index (χ3n) is 1.29. The quantitative estimate of drug-likeness (QED) is 0.695. The van der Waals surface area contributed by atoms with E-state index in [-0.39, 0.29) is 25.0 Å². The van der Waals surface area contributed by atoms with Gasteiger partial charge in [0.2, 0.25) is 0 Å². The van der Waals surface area contributed by atoms with Gasteiger partial charge in [-0.1, -0.05) is 37.9 Å². The Morgan fingerprint density at radius 3 is 1.44 bits per heavy atom. The molecule has 0 aromatic rings. The molecule has 0 aliphatic heterocycles. The van der Waals surface area contributed by atoms with Gasteiger partial charge in [0.1, 0.15) is 0 Å². The molecule has 0 saturated carbocycles. The average molecular weight is 230 g/mol. The van der Waals surface area contributed by atoms with E-state index in [2.05, 4.69) is 19.7 Å². The van der Waals surface area contributed by atoms with Gasteiger partial charge in [0.15, 0.2) is 0 Å². The minimum atomic E-state index is -0.879. The molecule has 0 unspecified atom stereocenters. The van der Waals surface area contributed by atoms with E-state index in [9.17, 15) is 9.59 Å². The van der Waals surface area contributed by atoms with Gasteiger partial charge in [-0.3, -0.25) is 0 Å². The molecular weight excluding hydrogens is 212 g/mol. The third-order valence-corrected chi connectivity index (χ3v) is 1.29. The molecule has 92 valence electrons. The van der Waals surface area contributed by atoms with Crippen molar-refractivity contribution in [1.82, 2.24) is 0 Å². The van der Waals surface area contributed by atoms with Gasteiger partial charge >= 0.3 is 12.2 Å². The van der Waals surface area contributed by atoms with Gasteiger partial charge in [-0.2, -0.15) is 0 Å². The predicted octanol–water partition coefficient (Wildman–Crippen LogP) is 3.02. The van der Waals surface area contributed by atoms with Gasteiger partial charge in [-0.15, -0.1) is 0 Å². The number of rotatable bonds is 4. The fourth-order valence-electron chi connectivity index (χ4n) is 0.615. The summed E-state index contributed by atoms with van der Waals surface area (Å²) in [5.74, 6) is 0.430. The first kappa shape index (κ1) is 14.5. The number of amides is 2. The second kappa shape index (κ2) is 7.78. The maximum absolute atomic E-state index is 10.9. The Morgan fingerprint density at radius 2 is 1.19 bits per heavy atom. The first-order chi connectivity index (χ1) is 7.41. The Balaban J connectivity index is 3.80. The zero-order chi connectivity index (χ0) is 12.6. The van der Waals surface area contributed by atoms with E-state index in [0.717, 1.165) is 0 Å². The van der Waals surface area contributed by atoms with Crippen molar-refractivity contribution in [1.29, 1.82) is 0 Å². The average Bonchev–Trinajstić information content (AvgIpc) is 2.20. The molecule has 6 nitrogen and oxygen atoms in total.